The maximum atomic E-state index is 11.7. The predicted molar refractivity (Wildman–Crippen MR) is 92.8 cm³/mol. The van der Waals surface area contributed by atoms with E-state index in [9.17, 15) is 19.5 Å². The molecular weight excluding hydrogens is 595 g/mol. The molecule has 19 heavy (non-hydrogen) atoms. The first kappa shape index (κ1) is 17.1. The number of carboxylic acids is 2. The molecule has 3 N–H and O–H groups in total. The van der Waals surface area contributed by atoms with Crippen LogP contribution in [-0.4, -0.2) is 37.5 Å². The van der Waals surface area contributed by atoms with Gasteiger partial charge in [0.2, 0.25) is 5.91 Å². The van der Waals surface area contributed by atoms with Crippen LogP contribution in [0.1, 0.15) is 6.92 Å². The van der Waals surface area contributed by atoms with Crippen LogP contribution in [0.15, 0.2) is 18.8 Å². The number of nitrogens with one attached hydrogen (secondary N) is 1. The lowest BCUT2D eigenvalue weighted by Crippen LogP contribution is -2.62. The Kier molecular flexibility index (Phi) is 5.62. The maximum Gasteiger partial charge on any atom is 0.336 e. The largest absolute Gasteiger partial charge is 0.479 e. The van der Waals surface area contributed by atoms with Gasteiger partial charge in [0.1, 0.15) is 0 Å². The molecule has 1 aliphatic rings. The Bertz CT molecular complexity index is 527. The highest BCUT2D eigenvalue weighted by atomic mass is 127. The van der Waals surface area contributed by atoms with Crippen LogP contribution < -0.4 is 5.32 Å². The zero-order valence-electron chi connectivity index (χ0n) is 9.41. The molecule has 1 rings (SSSR count). The number of hydrogen-bond acceptors (Lipinski definition) is 3. The summed E-state index contributed by atoms with van der Waals surface area (Å²) in [4.78, 5) is 34.2. The molecule has 0 bridgehead atoms. The topological polar surface area (TPSA) is 104 Å². The van der Waals surface area contributed by atoms with Crippen molar-refractivity contribution >= 4 is 85.6 Å². The van der Waals surface area contributed by atoms with E-state index in [0.29, 0.717) is 7.16 Å². The molecule has 1 amide bonds. The Morgan fingerprint density at radius 1 is 1.32 bits per heavy atom. The summed E-state index contributed by atoms with van der Waals surface area (Å²) in [6.45, 7) is 1.20. The number of allylic oxidation sites excluding steroid dienone is 2. The van der Waals surface area contributed by atoms with Crippen LogP contribution in [0.4, 0.5) is 0 Å². The van der Waals surface area contributed by atoms with Crippen LogP contribution in [0.5, 0.6) is 0 Å². The first-order chi connectivity index (χ1) is 8.64. The Morgan fingerprint density at radius 3 is 2.21 bits per heavy atom. The van der Waals surface area contributed by atoms with Crippen LogP contribution in [0.2, 0.25) is 0 Å². The minimum Gasteiger partial charge on any atom is -0.479 e. The van der Waals surface area contributed by atoms with Gasteiger partial charge in [0, 0.05) is 14.1 Å². The van der Waals surface area contributed by atoms with Crippen molar-refractivity contribution in [2.75, 3.05) is 0 Å². The molecular formula is C10H8I3NO5. The summed E-state index contributed by atoms with van der Waals surface area (Å²) in [5.74, 6) is -3.02. The van der Waals surface area contributed by atoms with Crippen molar-refractivity contribution in [2.45, 2.75) is 16.4 Å². The minimum absolute atomic E-state index is 0.0541. The fourth-order valence-corrected chi connectivity index (χ4v) is 5.00. The van der Waals surface area contributed by atoms with Crippen molar-refractivity contribution in [2.24, 2.45) is 0 Å². The second-order valence-electron chi connectivity index (χ2n) is 3.72. The molecule has 2 atom stereocenters. The molecule has 0 radical (unpaired) electrons. The van der Waals surface area contributed by atoms with E-state index in [0.717, 1.165) is 0 Å². The summed E-state index contributed by atoms with van der Waals surface area (Å²) < 4.78 is -0.0353. The number of carbonyl (C=O) groups excluding carboxylic acids is 1. The fraction of sp³-hybridized carbons (Fsp3) is 0.300. The smallest absolute Gasteiger partial charge is 0.336 e. The maximum absolute atomic E-state index is 11.7. The summed E-state index contributed by atoms with van der Waals surface area (Å²) >= 11 is 5.43. The van der Waals surface area contributed by atoms with E-state index in [1.54, 1.807) is 22.6 Å². The van der Waals surface area contributed by atoms with Crippen molar-refractivity contribution in [1.82, 2.24) is 5.32 Å². The lowest BCUT2D eigenvalue weighted by atomic mass is 9.86. The molecule has 2 unspecified atom stereocenters. The second kappa shape index (κ2) is 6.24. The molecule has 9 heteroatoms. The molecule has 0 aromatic heterocycles. The molecule has 0 heterocycles. The lowest BCUT2D eigenvalue weighted by Gasteiger charge is -2.37. The van der Waals surface area contributed by atoms with Crippen LogP contribution in [0, 0.1) is 0 Å². The highest BCUT2D eigenvalue weighted by Crippen LogP contribution is 2.44. The van der Waals surface area contributed by atoms with Crippen molar-refractivity contribution in [3.8, 4) is 0 Å². The van der Waals surface area contributed by atoms with Crippen LogP contribution in [0.25, 0.3) is 0 Å². The van der Waals surface area contributed by atoms with Crippen molar-refractivity contribution in [1.29, 1.82) is 0 Å². The molecule has 0 saturated heterocycles. The van der Waals surface area contributed by atoms with Crippen LogP contribution in [-0.2, 0) is 14.4 Å². The molecule has 0 aliphatic heterocycles. The summed E-state index contributed by atoms with van der Waals surface area (Å²) in [6, 6.07) is 0. The van der Waals surface area contributed by atoms with E-state index in [2.05, 4.69) is 5.32 Å². The van der Waals surface area contributed by atoms with Gasteiger partial charge in [-0.15, -0.1) is 0 Å². The molecule has 6 nitrogen and oxygen atoms in total. The van der Waals surface area contributed by atoms with E-state index >= 15 is 0 Å². The van der Waals surface area contributed by atoms with Gasteiger partial charge in [0.15, 0.2) is 5.54 Å². The molecule has 0 saturated carbocycles. The number of alkyl halides is 1. The van der Waals surface area contributed by atoms with Gasteiger partial charge in [-0.3, -0.25) is 4.79 Å². The summed E-state index contributed by atoms with van der Waals surface area (Å²) in [6.07, 6.45) is 1.42. The quantitative estimate of drug-likeness (QED) is 0.338. The molecule has 0 fully saturated rings. The standard InChI is InChI=1S/C10H8I3NO5/c1-3(15)14-10(9(18)19)6(12)4(8(16)17)2-5(11)7(10)13/h2,6H,1H3,(H,14,15)(H,16,17)(H,18,19). The summed E-state index contributed by atoms with van der Waals surface area (Å²) in [7, 11) is 0. The zero-order chi connectivity index (χ0) is 15.0. The van der Waals surface area contributed by atoms with E-state index < -0.39 is 27.3 Å². The Labute approximate surface area is 149 Å². The van der Waals surface area contributed by atoms with E-state index in [-0.39, 0.29) is 5.57 Å². The van der Waals surface area contributed by atoms with Crippen molar-refractivity contribution < 1.29 is 24.6 Å². The normalized spacial score (nSPS) is 26.7. The number of hydrogen-bond donors (Lipinski definition) is 3. The van der Waals surface area contributed by atoms with Gasteiger partial charge in [0.25, 0.3) is 0 Å². The third-order valence-corrected chi connectivity index (χ3v) is 7.37. The number of rotatable bonds is 3. The third-order valence-electron chi connectivity index (χ3n) is 2.45. The number of carboxylic acid groups (broad SMARTS) is 2. The predicted octanol–water partition coefficient (Wildman–Crippen LogP) is 1.86. The molecule has 1 aliphatic carbocycles. The van der Waals surface area contributed by atoms with E-state index in [4.69, 9.17) is 5.11 Å². The average molecular weight is 603 g/mol. The van der Waals surface area contributed by atoms with Gasteiger partial charge in [-0.25, -0.2) is 9.59 Å². The molecule has 0 aromatic carbocycles. The van der Waals surface area contributed by atoms with Gasteiger partial charge in [-0.2, -0.15) is 0 Å². The van der Waals surface area contributed by atoms with Gasteiger partial charge in [-0.1, -0.05) is 22.6 Å². The van der Waals surface area contributed by atoms with Gasteiger partial charge < -0.3 is 15.5 Å². The second-order valence-corrected chi connectivity index (χ2v) is 7.21. The summed E-state index contributed by atoms with van der Waals surface area (Å²) in [5, 5.41) is 21.1. The van der Waals surface area contributed by atoms with E-state index in [1.165, 1.54) is 13.0 Å². The number of carbonyl (C=O) groups is 3. The number of amides is 1. The van der Waals surface area contributed by atoms with Gasteiger partial charge in [0.05, 0.1) is 9.50 Å². The average Bonchev–Trinajstić information content (AvgIpc) is 2.28. The fourth-order valence-electron chi connectivity index (χ4n) is 1.63. The molecule has 0 aromatic rings. The zero-order valence-corrected chi connectivity index (χ0v) is 15.9. The highest BCUT2D eigenvalue weighted by molar-refractivity contribution is 14.1. The van der Waals surface area contributed by atoms with Crippen LogP contribution in [0.3, 0.4) is 0 Å². The number of aliphatic carboxylic acids is 2. The van der Waals surface area contributed by atoms with Gasteiger partial charge >= 0.3 is 11.9 Å². The molecule has 0 spiro atoms. The third kappa shape index (κ3) is 3.06. The SMILES string of the molecule is CC(=O)NC1(C(=O)O)C(I)=C(I)C=C(C(=O)O)C1I. The van der Waals surface area contributed by atoms with Gasteiger partial charge in [-0.05, 0) is 51.3 Å². The minimum atomic E-state index is -1.74. The number of halogens is 3. The molecule has 104 valence electrons. The Morgan fingerprint density at radius 2 is 1.84 bits per heavy atom. The lowest BCUT2D eigenvalue weighted by molar-refractivity contribution is -0.145. The van der Waals surface area contributed by atoms with Crippen LogP contribution >= 0.6 is 67.8 Å². The Hall–Kier alpha value is 0.0800. The first-order valence-corrected chi connectivity index (χ1v) is 8.21. The summed E-state index contributed by atoms with van der Waals surface area (Å²) in [5.41, 5.74) is -1.80. The van der Waals surface area contributed by atoms with Crippen molar-refractivity contribution in [3.63, 3.8) is 0 Å². The van der Waals surface area contributed by atoms with E-state index in [1.807, 2.05) is 45.2 Å². The first-order valence-electron chi connectivity index (χ1n) is 4.81. The highest BCUT2D eigenvalue weighted by Gasteiger charge is 2.53. The Balaban J connectivity index is 3.54. The van der Waals surface area contributed by atoms with Crippen molar-refractivity contribution in [3.05, 3.63) is 18.8 Å². The monoisotopic (exact) mass is 603 g/mol.